The Morgan fingerprint density at radius 1 is 1.00 bits per heavy atom. The number of fused-ring (bicyclic) bond motifs is 1. The predicted molar refractivity (Wildman–Crippen MR) is 101 cm³/mol. The number of rotatable bonds is 4. The van der Waals surface area contributed by atoms with Crippen molar-refractivity contribution < 1.29 is 23.5 Å². The van der Waals surface area contributed by atoms with Gasteiger partial charge in [-0.1, -0.05) is 11.6 Å². The minimum atomic E-state index is -0.607. The van der Waals surface area contributed by atoms with Gasteiger partial charge in [-0.3, -0.25) is 20.4 Å². The minimum absolute atomic E-state index is 0.167. The van der Waals surface area contributed by atoms with E-state index in [1.165, 1.54) is 44.6 Å². The quantitative estimate of drug-likeness (QED) is 0.644. The maximum atomic E-state index is 13.3. The number of carbonyl (C=O) groups excluding carboxylic acids is 2. The van der Waals surface area contributed by atoms with E-state index >= 15 is 0 Å². The Labute approximate surface area is 162 Å². The van der Waals surface area contributed by atoms with Gasteiger partial charge < -0.3 is 9.47 Å². The van der Waals surface area contributed by atoms with Crippen LogP contribution in [-0.4, -0.2) is 26.0 Å². The average molecular weight is 409 g/mol. The highest BCUT2D eigenvalue weighted by Gasteiger charge is 2.18. The fourth-order valence-electron chi connectivity index (χ4n) is 2.37. The van der Waals surface area contributed by atoms with Crippen LogP contribution in [0.25, 0.3) is 10.1 Å². The van der Waals surface area contributed by atoms with Gasteiger partial charge in [0.1, 0.15) is 22.2 Å². The fourth-order valence-corrected chi connectivity index (χ4v) is 3.80. The molecule has 2 aromatic carbocycles. The Bertz CT molecular complexity index is 1020. The molecule has 0 saturated heterocycles. The van der Waals surface area contributed by atoms with Crippen LogP contribution in [0.5, 0.6) is 11.5 Å². The van der Waals surface area contributed by atoms with Gasteiger partial charge in [0.05, 0.1) is 19.2 Å². The summed E-state index contributed by atoms with van der Waals surface area (Å²) in [5.41, 5.74) is 4.84. The number of hydrazine groups is 1. The summed E-state index contributed by atoms with van der Waals surface area (Å²) in [5.74, 6) is -0.734. The summed E-state index contributed by atoms with van der Waals surface area (Å²) >= 11 is 7.23. The second kappa shape index (κ2) is 7.81. The van der Waals surface area contributed by atoms with Crippen molar-refractivity contribution in [1.82, 2.24) is 10.9 Å². The Morgan fingerprint density at radius 2 is 1.63 bits per heavy atom. The van der Waals surface area contributed by atoms with Crippen LogP contribution in [-0.2, 0) is 0 Å². The predicted octanol–water partition coefficient (Wildman–Crippen LogP) is 3.79. The Kier molecular flexibility index (Phi) is 5.48. The van der Waals surface area contributed by atoms with Gasteiger partial charge in [0.15, 0.2) is 0 Å². The van der Waals surface area contributed by atoms with E-state index in [1.54, 1.807) is 6.07 Å². The van der Waals surface area contributed by atoms with Crippen LogP contribution in [0.4, 0.5) is 4.39 Å². The van der Waals surface area contributed by atoms with E-state index in [4.69, 9.17) is 21.1 Å². The second-order valence-electron chi connectivity index (χ2n) is 5.40. The van der Waals surface area contributed by atoms with E-state index in [9.17, 15) is 14.0 Å². The van der Waals surface area contributed by atoms with E-state index in [0.29, 0.717) is 21.6 Å². The molecule has 3 aromatic rings. The maximum Gasteiger partial charge on any atom is 0.281 e. The summed E-state index contributed by atoms with van der Waals surface area (Å²) in [5, 5.41) is 0.766. The van der Waals surface area contributed by atoms with E-state index < -0.39 is 17.6 Å². The van der Waals surface area contributed by atoms with Crippen LogP contribution < -0.4 is 20.3 Å². The zero-order valence-corrected chi connectivity index (χ0v) is 15.8. The average Bonchev–Trinajstić information content (AvgIpc) is 3.01. The number of ether oxygens (including phenoxy) is 2. The molecule has 0 saturated carbocycles. The van der Waals surface area contributed by atoms with Crippen LogP contribution in [0, 0.1) is 5.82 Å². The van der Waals surface area contributed by atoms with E-state index in [0.717, 1.165) is 11.3 Å². The molecule has 2 amide bonds. The highest BCUT2D eigenvalue weighted by molar-refractivity contribution is 7.21. The first-order valence-corrected chi connectivity index (χ1v) is 8.83. The molecule has 0 fully saturated rings. The standard InChI is InChI=1S/C18H14ClFN2O4S/c1-25-11-5-9(6-12(8-11)26-2)17(23)21-22-18(24)16-15(19)13-4-3-10(20)7-14(13)27-16/h3-8H,1-2H3,(H,21,23)(H,22,24). The summed E-state index contributed by atoms with van der Waals surface area (Å²) in [6.07, 6.45) is 0. The molecule has 9 heteroatoms. The Morgan fingerprint density at radius 3 is 2.26 bits per heavy atom. The molecular weight excluding hydrogens is 395 g/mol. The molecule has 0 spiro atoms. The first-order chi connectivity index (χ1) is 12.9. The fraction of sp³-hybridized carbons (Fsp3) is 0.111. The lowest BCUT2D eigenvalue weighted by atomic mass is 10.2. The van der Waals surface area contributed by atoms with Crippen molar-refractivity contribution in [3.05, 3.63) is 57.7 Å². The molecule has 0 unspecified atom stereocenters. The van der Waals surface area contributed by atoms with Gasteiger partial charge in [0, 0.05) is 21.7 Å². The van der Waals surface area contributed by atoms with Crippen LogP contribution in [0.15, 0.2) is 36.4 Å². The summed E-state index contributed by atoms with van der Waals surface area (Å²) in [7, 11) is 2.93. The molecule has 0 aliphatic carbocycles. The van der Waals surface area contributed by atoms with Crippen molar-refractivity contribution in [1.29, 1.82) is 0 Å². The third-order valence-corrected chi connectivity index (χ3v) is 5.36. The van der Waals surface area contributed by atoms with Crippen molar-refractivity contribution in [3.63, 3.8) is 0 Å². The topological polar surface area (TPSA) is 76.7 Å². The summed E-state index contributed by atoms with van der Waals surface area (Å²) in [6.45, 7) is 0. The largest absolute Gasteiger partial charge is 0.497 e. The molecule has 0 bridgehead atoms. The smallest absolute Gasteiger partial charge is 0.281 e. The van der Waals surface area contributed by atoms with Crippen LogP contribution >= 0.6 is 22.9 Å². The number of carbonyl (C=O) groups is 2. The number of methoxy groups -OCH3 is 2. The first kappa shape index (κ1) is 18.9. The molecule has 1 aromatic heterocycles. The number of thiophene rings is 1. The third-order valence-electron chi connectivity index (χ3n) is 3.70. The van der Waals surface area contributed by atoms with Crippen molar-refractivity contribution in [2.75, 3.05) is 14.2 Å². The lowest BCUT2D eigenvalue weighted by Gasteiger charge is -2.10. The maximum absolute atomic E-state index is 13.3. The minimum Gasteiger partial charge on any atom is -0.497 e. The number of benzene rings is 2. The van der Waals surface area contributed by atoms with E-state index in [-0.39, 0.29) is 15.5 Å². The van der Waals surface area contributed by atoms with Crippen LogP contribution in [0.2, 0.25) is 5.02 Å². The van der Waals surface area contributed by atoms with Gasteiger partial charge in [0.25, 0.3) is 11.8 Å². The molecule has 2 N–H and O–H groups in total. The van der Waals surface area contributed by atoms with Gasteiger partial charge in [-0.05, 0) is 30.3 Å². The summed E-state index contributed by atoms with van der Waals surface area (Å²) in [6, 6.07) is 8.68. The van der Waals surface area contributed by atoms with Gasteiger partial charge in [-0.15, -0.1) is 11.3 Å². The lowest BCUT2D eigenvalue weighted by molar-refractivity contribution is 0.0848. The Hall–Kier alpha value is -2.84. The van der Waals surface area contributed by atoms with Crippen LogP contribution in [0.3, 0.4) is 0 Å². The van der Waals surface area contributed by atoms with Crippen molar-refractivity contribution in [2.24, 2.45) is 0 Å². The monoisotopic (exact) mass is 408 g/mol. The van der Waals surface area contributed by atoms with Gasteiger partial charge >= 0.3 is 0 Å². The molecular formula is C18H14ClFN2O4S. The first-order valence-electron chi connectivity index (χ1n) is 7.64. The highest BCUT2D eigenvalue weighted by Crippen LogP contribution is 2.35. The SMILES string of the molecule is COc1cc(OC)cc(C(=O)NNC(=O)c2sc3cc(F)ccc3c2Cl)c1. The van der Waals surface area contributed by atoms with Gasteiger partial charge in [0.2, 0.25) is 0 Å². The van der Waals surface area contributed by atoms with Gasteiger partial charge in [-0.2, -0.15) is 0 Å². The van der Waals surface area contributed by atoms with Crippen molar-refractivity contribution >= 4 is 44.8 Å². The normalized spacial score (nSPS) is 10.5. The highest BCUT2D eigenvalue weighted by atomic mass is 35.5. The van der Waals surface area contributed by atoms with E-state index in [1.807, 2.05) is 0 Å². The van der Waals surface area contributed by atoms with Crippen molar-refractivity contribution in [2.45, 2.75) is 0 Å². The molecule has 6 nitrogen and oxygen atoms in total. The number of amides is 2. The molecule has 0 aliphatic heterocycles. The molecule has 0 radical (unpaired) electrons. The Balaban J connectivity index is 1.76. The lowest BCUT2D eigenvalue weighted by Crippen LogP contribution is -2.41. The number of hydrogen-bond donors (Lipinski definition) is 2. The van der Waals surface area contributed by atoms with Crippen molar-refractivity contribution in [3.8, 4) is 11.5 Å². The zero-order chi connectivity index (χ0) is 19.6. The van der Waals surface area contributed by atoms with E-state index in [2.05, 4.69) is 10.9 Å². The number of hydrogen-bond acceptors (Lipinski definition) is 5. The molecule has 0 atom stereocenters. The molecule has 0 aliphatic rings. The molecule has 140 valence electrons. The zero-order valence-electron chi connectivity index (χ0n) is 14.3. The third kappa shape index (κ3) is 3.96. The number of nitrogens with one attached hydrogen (secondary N) is 2. The molecule has 1 heterocycles. The van der Waals surface area contributed by atoms with Gasteiger partial charge in [-0.25, -0.2) is 4.39 Å². The summed E-state index contributed by atoms with van der Waals surface area (Å²) < 4.78 is 24.1. The molecule has 3 rings (SSSR count). The molecule has 27 heavy (non-hydrogen) atoms. The van der Waals surface area contributed by atoms with Crippen LogP contribution in [0.1, 0.15) is 20.0 Å². The summed E-state index contributed by atoms with van der Waals surface area (Å²) in [4.78, 5) is 24.8. The number of halogens is 2. The second-order valence-corrected chi connectivity index (χ2v) is 6.83.